The van der Waals surface area contributed by atoms with Crippen molar-refractivity contribution in [1.82, 2.24) is 4.90 Å². The fourth-order valence-electron chi connectivity index (χ4n) is 6.03. The second-order valence-electron chi connectivity index (χ2n) is 14.5. The Hall–Kier alpha value is -3.53. The van der Waals surface area contributed by atoms with Crippen LogP contribution in [0.4, 0.5) is 22.7 Å². The van der Waals surface area contributed by atoms with Crippen molar-refractivity contribution in [2.45, 2.75) is 71.8 Å². The van der Waals surface area contributed by atoms with Crippen LogP contribution in [0, 0.1) is 25.5 Å². The zero-order valence-electron chi connectivity index (χ0n) is 28.3. The van der Waals surface area contributed by atoms with E-state index in [1.807, 2.05) is 24.3 Å². The van der Waals surface area contributed by atoms with Gasteiger partial charge in [0.05, 0.1) is 0 Å². The Morgan fingerprint density at radius 3 is 1.83 bits per heavy atom. The molecule has 0 bridgehead atoms. The molecule has 240 valence electrons. The second kappa shape index (κ2) is 12.6. The molecule has 0 N–H and O–H groups in total. The van der Waals surface area contributed by atoms with E-state index in [9.17, 15) is 0 Å². The average molecular weight is 792 g/mol. The summed E-state index contributed by atoms with van der Waals surface area (Å²) in [5.41, 5.74) is 7.97. The molecule has 46 heavy (non-hydrogen) atoms. The van der Waals surface area contributed by atoms with Gasteiger partial charge in [0.25, 0.3) is 0 Å². The molecule has 0 fully saturated rings. The van der Waals surface area contributed by atoms with Crippen molar-refractivity contribution in [2.24, 2.45) is 0 Å². The molecule has 0 spiro atoms. The van der Waals surface area contributed by atoms with Gasteiger partial charge >= 0.3 is 21.1 Å². The third-order valence-electron chi connectivity index (χ3n) is 8.80. The van der Waals surface area contributed by atoms with Gasteiger partial charge in [-0.3, -0.25) is 0 Å². The van der Waals surface area contributed by atoms with Crippen molar-refractivity contribution in [1.29, 1.82) is 0 Å². The monoisotopic (exact) mass is 791 g/mol. The molecular weight excluding hydrogens is 748 g/mol. The minimum absolute atomic E-state index is 0. The number of benzene rings is 4. The van der Waals surface area contributed by atoms with Gasteiger partial charge in [0.15, 0.2) is 0 Å². The van der Waals surface area contributed by atoms with Crippen LogP contribution in [0.15, 0.2) is 91.3 Å². The maximum Gasteiger partial charge on any atom is 4.00 e. The summed E-state index contributed by atoms with van der Waals surface area (Å²) in [4.78, 5) is 8.75. The van der Waals surface area contributed by atoms with Crippen LogP contribution in [0.25, 0.3) is 0 Å². The normalized spacial score (nSPS) is 16.3. The summed E-state index contributed by atoms with van der Waals surface area (Å²) in [5.74, 6) is 1.27. The molecule has 5 nitrogen and oxygen atoms in total. The van der Waals surface area contributed by atoms with Crippen molar-refractivity contribution in [3.05, 3.63) is 133 Å². The first kappa shape index (κ1) is 33.8. The van der Waals surface area contributed by atoms with Crippen LogP contribution in [-0.4, -0.2) is 11.9 Å². The molecule has 0 saturated heterocycles. The molecule has 0 unspecified atom stereocenters. The predicted octanol–water partition coefficient (Wildman–Crippen LogP) is 10.0. The molecule has 2 heterocycles. The van der Waals surface area contributed by atoms with E-state index >= 15 is 0 Å². The van der Waals surface area contributed by atoms with Gasteiger partial charge in [-0.05, 0) is 66.9 Å². The summed E-state index contributed by atoms with van der Waals surface area (Å²) < 4.78 is 6.36. The van der Waals surface area contributed by atoms with Crippen LogP contribution in [-0.2, 0) is 37.4 Å². The molecule has 6 heteroatoms. The summed E-state index contributed by atoms with van der Waals surface area (Å²) in [5, 5.41) is 0. The zero-order valence-corrected chi connectivity index (χ0v) is 30.6. The fourth-order valence-corrected chi connectivity index (χ4v) is 6.03. The SMILES string of the molecule is CN1[CH-]N(c2[c-]c(Oc3[c-]c(N4C=CN(c5c(C(C)(C)C)cccc5C(C)(C)C)[CH-]4)ccc3)ccc2)c2ccccc2C1(C)C.[Pt+4]. The van der Waals surface area contributed by atoms with Gasteiger partial charge in [0, 0.05) is 28.4 Å². The molecule has 2 aliphatic rings. The number of ether oxygens (including phenoxy) is 1. The van der Waals surface area contributed by atoms with Crippen molar-refractivity contribution >= 4 is 22.7 Å². The minimum Gasteiger partial charge on any atom is -0.509 e. The molecule has 4 aromatic rings. The fraction of sp³-hybridized carbons (Fsp3) is 0.300. The van der Waals surface area contributed by atoms with Crippen LogP contribution < -0.4 is 19.4 Å². The van der Waals surface area contributed by atoms with E-state index in [-0.39, 0.29) is 37.4 Å². The maximum atomic E-state index is 6.36. The van der Waals surface area contributed by atoms with Crippen LogP contribution in [0.5, 0.6) is 11.5 Å². The number of fused-ring (bicyclic) bond motifs is 1. The first-order valence-corrected chi connectivity index (χ1v) is 15.7. The first-order valence-electron chi connectivity index (χ1n) is 15.7. The summed E-state index contributed by atoms with van der Waals surface area (Å²) in [6.45, 7) is 22.4. The van der Waals surface area contributed by atoms with Crippen LogP contribution in [0.1, 0.15) is 72.1 Å². The van der Waals surface area contributed by atoms with E-state index in [1.54, 1.807) is 0 Å². The Balaban J connectivity index is 0.00000417. The Bertz CT molecular complexity index is 1700. The van der Waals surface area contributed by atoms with Gasteiger partial charge in [-0.1, -0.05) is 77.9 Å². The number of hydrogen-bond donors (Lipinski definition) is 0. The van der Waals surface area contributed by atoms with Crippen molar-refractivity contribution in [3.63, 3.8) is 0 Å². The second-order valence-corrected chi connectivity index (χ2v) is 14.5. The number of para-hydroxylation sites is 2. The van der Waals surface area contributed by atoms with Gasteiger partial charge in [-0.25, -0.2) is 0 Å². The Morgan fingerprint density at radius 1 is 0.652 bits per heavy atom. The van der Waals surface area contributed by atoms with Crippen LogP contribution in [0.2, 0.25) is 0 Å². The van der Waals surface area contributed by atoms with Gasteiger partial charge in [0.1, 0.15) is 0 Å². The standard InChI is InChI=1S/C40H44N4O.Pt/c1-38(2,3)34-20-14-21-35(39(4,5)6)37(34)43-24-23-42(28-43)29-15-12-17-31(25-29)45-32-18-13-16-30(26-32)44-27-41(9)40(7,8)33-19-10-11-22-36(33)44;/h10-24,27-28H,1-9H3;/q-4;+4. The molecule has 2 aliphatic heterocycles. The van der Waals surface area contributed by atoms with E-state index in [4.69, 9.17) is 4.74 Å². The molecule has 0 aromatic heterocycles. The summed E-state index contributed by atoms with van der Waals surface area (Å²) in [6, 6.07) is 34.2. The predicted molar refractivity (Wildman–Crippen MR) is 187 cm³/mol. The van der Waals surface area contributed by atoms with Crippen LogP contribution in [0.3, 0.4) is 0 Å². The third kappa shape index (κ3) is 6.50. The number of rotatable bonds is 5. The van der Waals surface area contributed by atoms with Gasteiger partial charge in [0.2, 0.25) is 0 Å². The van der Waals surface area contributed by atoms with Crippen molar-refractivity contribution in [2.75, 3.05) is 21.7 Å². The number of hydrogen-bond acceptors (Lipinski definition) is 5. The maximum absolute atomic E-state index is 6.36. The quantitative estimate of drug-likeness (QED) is 0.187. The molecule has 0 atom stereocenters. The first-order chi connectivity index (χ1) is 21.2. The molecule has 0 aliphatic carbocycles. The van der Waals surface area contributed by atoms with Crippen molar-refractivity contribution < 1.29 is 25.8 Å². The molecule has 0 saturated carbocycles. The van der Waals surface area contributed by atoms with Gasteiger partial charge in [-0.2, -0.15) is 18.8 Å². The van der Waals surface area contributed by atoms with Crippen molar-refractivity contribution in [3.8, 4) is 11.5 Å². The molecule has 6 rings (SSSR count). The summed E-state index contributed by atoms with van der Waals surface area (Å²) >= 11 is 0. The Kier molecular flexibility index (Phi) is 9.25. The van der Waals surface area contributed by atoms with E-state index in [0.717, 1.165) is 17.1 Å². The Labute approximate surface area is 290 Å². The summed E-state index contributed by atoms with van der Waals surface area (Å²) in [6.07, 6.45) is 4.21. The van der Waals surface area contributed by atoms with E-state index in [2.05, 4.69) is 175 Å². The van der Waals surface area contributed by atoms with Gasteiger partial charge < -0.3 is 24.3 Å². The smallest absolute Gasteiger partial charge is 0.509 e. The minimum atomic E-state index is -0.115. The zero-order chi connectivity index (χ0) is 32.1. The van der Waals surface area contributed by atoms with E-state index in [0.29, 0.717) is 11.5 Å². The third-order valence-corrected chi connectivity index (χ3v) is 8.80. The number of nitrogens with zero attached hydrogens (tertiary/aromatic N) is 4. The average Bonchev–Trinajstić information content (AvgIpc) is 3.49. The molecule has 4 aromatic carbocycles. The van der Waals surface area contributed by atoms with E-state index in [1.165, 1.54) is 22.4 Å². The Morgan fingerprint density at radius 2 is 1.20 bits per heavy atom. The largest absolute Gasteiger partial charge is 4.00 e. The topological polar surface area (TPSA) is 22.2 Å². The van der Waals surface area contributed by atoms with E-state index < -0.39 is 0 Å². The molecule has 0 amide bonds. The van der Waals surface area contributed by atoms with Crippen LogP contribution >= 0.6 is 0 Å². The molecule has 0 radical (unpaired) electrons. The summed E-state index contributed by atoms with van der Waals surface area (Å²) in [7, 11) is 2.11. The van der Waals surface area contributed by atoms with Gasteiger partial charge in [-0.15, -0.1) is 54.4 Å². The molecular formula is C40H44N4OPt. The number of anilines is 4.